The monoisotopic (exact) mass is 164 g/mol. The molecule has 1 aliphatic heterocycles. The molecule has 1 aliphatic rings. The zero-order valence-corrected chi connectivity index (χ0v) is 7.53. The van der Waals surface area contributed by atoms with Gasteiger partial charge in [0, 0.05) is 10.1 Å². The molecule has 0 spiro atoms. The first-order valence-corrected chi connectivity index (χ1v) is 5.02. The topological polar surface area (TPSA) is 0 Å². The summed E-state index contributed by atoms with van der Waals surface area (Å²) in [6.07, 6.45) is 2.57. The molecule has 0 saturated carbocycles. The molecular formula is C10H12S. The maximum Gasteiger partial charge on any atom is 0.0133 e. The second kappa shape index (κ2) is 2.90. The van der Waals surface area contributed by atoms with Gasteiger partial charge in [-0.2, -0.15) is 0 Å². The van der Waals surface area contributed by atoms with E-state index < -0.39 is 0 Å². The predicted octanol–water partition coefficient (Wildman–Crippen LogP) is 3.11. The smallest absolute Gasteiger partial charge is 0.0133 e. The van der Waals surface area contributed by atoms with Crippen LogP contribution in [-0.4, -0.2) is 5.25 Å². The Hall–Kier alpha value is -0.430. The highest BCUT2D eigenvalue weighted by atomic mass is 32.2. The Labute approximate surface area is 72.0 Å². The van der Waals surface area contributed by atoms with Crippen molar-refractivity contribution in [3.8, 4) is 0 Å². The van der Waals surface area contributed by atoms with E-state index in [1.165, 1.54) is 17.7 Å². The van der Waals surface area contributed by atoms with Gasteiger partial charge in [-0.05, 0) is 24.5 Å². The van der Waals surface area contributed by atoms with Crippen LogP contribution in [0, 0.1) is 0 Å². The molecule has 0 aliphatic carbocycles. The lowest BCUT2D eigenvalue weighted by Crippen LogP contribution is -1.96. The number of hydrogen-bond acceptors (Lipinski definition) is 1. The van der Waals surface area contributed by atoms with E-state index in [9.17, 15) is 0 Å². The van der Waals surface area contributed by atoms with Gasteiger partial charge in [0.15, 0.2) is 0 Å². The average molecular weight is 164 g/mol. The molecule has 0 radical (unpaired) electrons. The summed E-state index contributed by atoms with van der Waals surface area (Å²) in [5.74, 6) is 0. The minimum atomic E-state index is 0.840. The molecule has 0 aromatic heterocycles. The highest BCUT2D eigenvalue weighted by Gasteiger charge is 2.19. The molecule has 1 heteroatoms. The molecule has 1 aromatic carbocycles. The highest BCUT2D eigenvalue weighted by molar-refractivity contribution is 8.00. The van der Waals surface area contributed by atoms with Crippen molar-refractivity contribution < 1.29 is 0 Å². The third-order valence-electron chi connectivity index (χ3n) is 2.17. The maximum absolute atomic E-state index is 2.27. The summed E-state index contributed by atoms with van der Waals surface area (Å²) >= 11 is 2.04. The Bertz CT molecular complexity index is 230. The molecule has 58 valence electrons. The Morgan fingerprint density at radius 2 is 2.27 bits per heavy atom. The second-order valence-corrected chi connectivity index (χ2v) is 4.30. The van der Waals surface area contributed by atoms with Gasteiger partial charge in [-0.25, -0.2) is 0 Å². The molecule has 1 atom stereocenters. The molecule has 0 saturated heterocycles. The third-order valence-corrected chi connectivity index (χ3v) is 3.65. The van der Waals surface area contributed by atoms with Crippen molar-refractivity contribution in [1.82, 2.24) is 0 Å². The number of hydrogen-bond donors (Lipinski definition) is 0. The van der Waals surface area contributed by atoms with Crippen molar-refractivity contribution in [2.75, 3.05) is 0 Å². The second-order valence-electron chi connectivity index (χ2n) is 2.96. The van der Waals surface area contributed by atoms with Gasteiger partial charge >= 0.3 is 0 Å². The highest BCUT2D eigenvalue weighted by Crippen LogP contribution is 2.37. The lowest BCUT2D eigenvalue weighted by Gasteiger charge is -2.00. The van der Waals surface area contributed by atoms with Gasteiger partial charge in [0.25, 0.3) is 0 Å². The standard InChI is InChI=1S/C10H12S/c1-2-9-7-8-5-3-4-6-10(8)11-9/h3-6,9H,2,7H2,1H3. The van der Waals surface area contributed by atoms with Crippen LogP contribution in [-0.2, 0) is 6.42 Å². The van der Waals surface area contributed by atoms with E-state index in [0.29, 0.717) is 0 Å². The van der Waals surface area contributed by atoms with E-state index in [1.54, 1.807) is 5.56 Å². The van der Waals surface area contributed by atoms with Crippen molar-refractivity contribution in [3.63, 3.8) is 0 Å². The number of benzene rings is 1. The average Bonchev–Trinajstić information content (AvgIpc) is 2.46. The van der Waals surface area contributed by atoms with Crippen molar-refractivity contribution in [2.24, 2.45) is 0 Å². The van der Waals surface area contributed by atoms with Crippen LogP contribution >= 0.6 is 11.8 Å². The van der Waals surface area contributed by atoms with Gasteiger partial charge in [0.05, 0.1) is 0 Å². The molecule has 0 nitrogen and oxygen atoms in total. The van der Waals surface area contributed by atoms with E-state index in [2.05, 4.69) is 31.2 Å². The van der Waals surface area contributed by atoms with Crippen LogP contribution in [0.15, 0.2) is 29.2 Å². The number of rotatable bonds is 1. The lowest BCUT2D eigenvalue weighted by molar-refractivity contribution is 0.830. The minimum Gasteiger partial charge on any atom is -0.122 e. The van der Waals surface area contributed by atoms with Crippen LogP contribution in [0.3, 0.4) is 0 Å². The lowest BCUT2D eigenvalue weighted by atomic mass is 10.1. The molecule has 0 amide bonds. The van der Waals surface area contributed by atoms with Crippen LogP contribution in [0.1, 0.15) is 18.9 Å². The van der Waals surface area contributed by atoms with Crippen LogP contribution in [0.4, 0.5) is 0 Å². The van der Waals surface area contributed by atoms with Gasteiger partial charge < -0.3 is 0 Å². The largest absolute Gasteiger partial charge is 0.122 e. The van der Waals surface area contributed by atoms with E-state index in [4.69, 9.17) is 0 Å². The molecule has 11 heavy (non-hydrogen) atoms. The van der Waals surface area contributed by atoms with E-state index in [1.807, 2.05) is 11.8 Å². The van der Waals surface area contributed by atoms with E-state index in [-0.39, 0.29) is 0 Å². The van der Waals surface area contributed by atoms with Crippen LogP contribution < -0.4 is 0 Å². The van der Waals surface area contributed by atoms with E-state index >= 15 is 0 Å². The van der Waals surface area contributed by atoms with Crippen LogP contribution in [0.25, 0.3) is 0 Å². The molecule has 1 heterocycles. The summed E-state index contributed by atoms with van der Waals surface area (Å²) in [6.45, 7) is 2.27. The first-order chi connectivity index (χ1) is 5.40. The van der Waals surface area contributed by atoms with Crippen LogP contribution in [0.5, 0.6) is 0 Å². The minimum absolute atomic E-state index is 0.840. The molecule has 0 fully saturated rings. The third kappa shape index (κ3) is 1.30. The normalized spacial score (nSPS) is 21.7. The molecule has 0 bridgehead atoms. The predicted molar refractivity (Wildman–Crippen MR) is 50.1 cm³/mol. The summed E-state index contributed by atoms with van der Waals surface area (Å²) < 4.78 is 0. The molecule has 2 rings (SSSR count). The maximum atomic E-state index is 2.27. The molecule has 1 aromatic rings. The van der Waals surface area contributed by atoms with Gasteiger partial charge in [-0.1, -0.05) is 25.1 Å². The fraction of sp³-hybridized carbons (Fsp3) is 0.400. The molecule has 1 unspecified atom stereocenters. The number of thioether (sulfide) groups is 1. The fourth-order valence-electron chi connectivity index (χ4n) is 1.48. The van der Waals surface area contributed by atoms with Crippen molar-refractivity contribution in [1.29, 1.82) is 0 Å². The summed E-state index contributed by atoms with van der Waals surface area (Å²) in [5, 5.41) is 0.840. The SMILES string of the molecule is CCC1Cc2ccccc2S1. The van der Waals surface area contributed by atoms with Crippen molar-refractivity contribution >= 4 is 11.8 Å². The van der Waals surface area contributed by atoms with Crippen molar-refractivity contribution in [3.05, 3.63) is 29.8 Å². The van der Waals surface area contributed by atoms with Gasteiger partial charge in [-0.3, -0.25) is 0 Å². The quantitative estimate of drug-likeness (QED) is 0.614. The van der Waals surface area contributed by atoms with Gasteiger partial charge in [0.1, 0.15) is 0 Å². The fourth-order valence-corrected chi connectivity index (χ4v) is 2.73. The Morgan fingerprint density at radius 3 is 3.00 bits per heavy atom. The summed E-state index contributed by atoms with van der Waals surface area (Å²) in [7, 11) is 0. The van der Waals surface area contributed by atoms with Gasteiger partial charge in [-0.15, -0.1) is 11.8 Å². The van der Waals surface area contributed by atoms with Crippen LogP contribution in [0.2, 0.25) is 0 Å². The Balaban J connectivity index is 2.27. The van der Waals surface area contributed by atoms with E-state index in [0.717, 1.165) is 5.25 Å². The summed E-state index contributed by atoms with van der Waals surface area (Å²) in [4.78, 5) is 1.50. The Morgan fingerprint density at radius 1 is 1.45 bits per heavy atom. The number of fused-ring (bicyclic) bond motifs is 1. The summed E-state index contributed by atoms with van der Waals surface area (Å²) in [5.41, 5.74) is 1.55. The first-order valence-electron chi connectivity index (χ1n) is 4.14. The van der Waals surface area contributed by atoms with Gasteiger partial charge in [0.2, 0.25) is 0 Å². The first kappa shape index (κ1) is 7.23. The Kier molecular flexibility index (Phi) is 1.91. The summed E-state index contributed by atoms with van der Waals surface area (Å²) in [6, 6.07) is 8.74. The zero-order valence-electron chi connectivity index (χ0n) is 6.71. The van der Waals surface area contributed by atoms with Crippen molar-refractivity contribution in [2.45, 2.75) is 29.9 Å². The zero-order chi connectivity index (χ0) is 7.68. The molecular weight excluding hydrogens is 152 g/mol. The molecule has 0 N–H and O–H groups in total.